The van der Waals surface area contributed by atoms with Gasteiger partial charge in [-0.05, 0) is 38.0 Å². The molecule has 3 aliphatic rings. The predicted octanol–water partition coefficient (Wildman–Crippen LogP) is 1.33. The number of fused-ring (bicyclic) bond motifs is 2. The zero-order chi connectivity index (χ0) is 13.4. The first-order chi connectivity index (χ1) is 9.17. The topological polar surface area (TPSA) is 67.8 Å². The molecule has 4 atom stereocenters. The zero-order valence-electron chi connectivity index (χ0n) is 10.9. The number of amides is 1. The maximum atomic E-state index is 11.7. The first-order valence-corrected chi connectivity index (χ1v) is 7.77. The van der Waals surface area contributed by atoms with Crippen LogP contribution in [0.3, 0.4) is 0 Å². The van der Waals surface area contributed by atoms with Crippen LogP contribution in [0.4, 0.5) is 0 Å². The van der Waals surface area contributed by atoms with Crippen LogP contribution in [-0.2, 0) is 14.3 Å². The van der Waals surface area contributed by atoms with Gasteiger partial charge in [0.25, 0.3) is 5.91 Å². The van der Waals surface area contributed by atoms with E-state index in [4.69, 9.17) is 4.74 Å². The first-order valence-electron chi connectivity index (χ1n) is 6.89. The molecule has 1 amide bonds. The number of nitrogens with zero attached hydrogens (tertiary/aromatic N) is 1. The second-order valence-electron chi connectivity index (χ2n) is 5.42. The summed E-state index contributed by atoms with van der Waals surface area (Å²) in [6, 6.07) is 0.336. The molecular formula is C13H18N2O3S. The van der Waals surface area contributed by atoms with Gasteiger partial charge in [0, 0.05) is 0 Å². The van der Waals surface area contributed by atoms with E-state index < -0.39 is 11.2 Å². The van der Waals surface area contributed by atoms with Crippen LogP contribution in [0.2, 0.25) is 0 Å². The molecule has 0 aromatic rings. The highest BCUT2D eigenvalue weighted by molar-refractivity contribution is 8.16. The fourth-order valence-corrected chi connectivity index (χ4v) is 4.23. The third-order valence-electron chi connectivity index (χ3n) is 4.18. The van der Waals surface area contributed by atoms with Crippen LogP contribution in [0.15, 0.2) is 4.99 Å². The summed E-state index contributed by atoms with van der Waals surface area (Å²) in [5, 5.41) is 2.52. The number of hydrogen-bond acceptors (Lipinski definition) is 5. The number of ether oxygens (including phenoxy) is 1. The highest BCUT2D eigenvalue weighted by Crippen LogP contribution is 2.46. The van der Waals surface area contributed by atoms with E-state index in [0.717, 1.165) is 12.3 Å². The van der Waals surface area contributed by atoms with Crippen LogP contribution in [0.25, 0.3) is 0 Å². The largest absolute Gasteiger partial charge is 0.465 e. The van der Waals surface area contributed by atoms with Gasteiger partial charge >= 0.3 is 5.97 Å². The van der Waals surface area contributed by atoms with Crippen LogP contribution in [0.1, 0.15) is 32.6 Å². The highest BCUT2D eigenvalue weighted by atomic mass is 32.2. The molecule has 1 aliphatic heterocycles. The molecule has 1 N–H and O–H groups in total. The van der Waals surface area contributed by atoms with Gasteiger partial charge in [-0.15, -0.1) is 0 Å². The molecule has 2 aliphatic carbocycles. The molecule has 1 saturated heterocycles. The number of amidine groups is 1. The molecule has 6 heteroatoms. The van der Waals surface area contributed by atoms with Gasteiger partial charge in [-0.2, -0.15) is 0 Å². The fourth-order valence-electron chi connectivity index (χ4n) is 3.32. The Bertz CT molecular complexity index is 438. The maximum absolute atomic E-state index is 11.7. The summed E-state index contributed by atoms with van der Waals surface area (Å²) in [6.45, 7) is 2.03. The molecule has 2 saturated carbocycles. The number of thioether (sulfide) groups is 1. The van der Waals surface area contributed by atoms with Crippen molar-refractivity contribution in [3.8, 4) is 0 Å². The SMILES string of the molecule is CCOC(=O)C1SC(=NC2CC3CCC2C3)NC1=O. The van der Waals surface area contributed by atoms with Crippen molar-refractivity contribution < 1.29 is 14.3 Å². The smallest absolute Gasteiger partial charge is 0.329 e. The summed E-state index contributed by atoms with van der Waals surface area (Å²) < 4.78 is 4.89. The number of esters is 1. The minimum atomic E-state index is -0.780. The lowest BCUT2D eigenvalue weighted by Crippen LogP contribution is -2.31. The maximum Gasteiger partial charge on any atom is 0.329 e. The van der Waals surface area contributed by atoms with Crippen LogP contribution in [-0.4, -0.2) is 34.9 Å². The minimum Gasteiger partial charge on any atom is -0.465 e. The van der Waals surface area contributed by atoms with Gasteiger partial charge < -0.3 is 10.1 Å². The Labute approximate surface area is 116 Å². The Morgan fingerprint density at radius 3 is 2.95 bits per heavy atom. The van der Waals surface area contributed by atoms with E-state index >= 15 is 0 Å². The summed E-state index contributed by atoms with van der Waals surface area (Å²) in [7, 11) is 0. The monoisotopic (exact) mass is 282 g/mol. The van der Waals surface area contributed by atoms with E-state index in [-0.39, 0.29) is 5.91 Å². The van der Waals surface area contributed by atoms with E-state index in [1.54, 1.807) is 6.92 Å². The van der Waals surface area contributed by atoms with Crippen molar-refractivity contribution in [2.75, 3.05) is 6.61 Å². The standard InChI is InChI=1S/C13H18N2O3S/c1-2-18-12(17)10-11(16)15-13(19-10)14-9-6-7-3-4-8(9)5-7/h7-10H,2-6H2,1H3,(H,14,15,16). The van der Waals surface area contributed by atoms with Gasteiger partial charge in [0.15, 0.2) is 10.4 Å². The normalized spacial score (nSPS) is 38.8. The van der Waals surface area contributed by atoms with Crippen LogP contribution >= 0.6 is 11.8 Å². The van der Waals surface area contributed by atoms with Gasteiger partial charge in [-0.1, -0.05) is 18.2 Å². The van der Waals surface area contributed by atoms with E-state index in [9.17, 15) is 9.59 Å². The van der Waals surface area contributed by atoms with E-state index in [1.807, 2.05) is 0 Å². The summed E-state index contributed by atoms with van der Waals surface area (Å²) in [5.74, 6) is 0.729. The molecule has 0 aromatic carbocycles. The van der Waals surface area contributed by atoms with Crippen LogP contribution in [0.5, 0.6) is 0 Å². The van der Waals surface area contributed by atoms with Crippen molar-refractivity contribution in [3.05, 3.63) is 0 Å². The lowest BCUT2D eigenvalue weighted by atomic mass is 9.96. The van der Waals surface area contributed by atoms with Crippen molar-refractivity contribution in [2.45, 2.75) is 43.9 Å². The quantitative estimate of drug-likeness (QED) is 0.626. The molecule has 0 radical (unpaired) electrons. The molecule has 19 heavy (non-hydrogen) atoms. The molecule has 0 spiro atoms. The summed E-state index contributed by atoms with van der Waals surface area (Å²) in [4.78, 5) is 28.0. The van der Waals surface area contributed by atoms with E-state index in [2.05, 4.69) is 10.3 Å². The Kier molecular flexibility index (Phi) is 3.52. The van der Waals surface area contributed by atoms with Gasteiger partial charge in [-0.3, -0.25) is 14.6 Å². The van der Waals surface area contributed by atoms with Gasteiger partial charge in [0.05, 0.1) is 12.6 Å². The average Bonchev–Trinajstić information content (AvgIpc) is 3.05. The molecule has 104 valence electrons. The molecule has 3 rings (SSSR count). The third kappa shape index (κ3) is 2.50. The number of carbonyl (C=O) groups is 2. The second-order valence-corrected chi connectivity index (χ2v) is 6.51. The summed E-state index contributed by atoms with van der Waals surface area (Å²) >= 11 is 1.20. The first kappa shape index (κ1) is 13.0. The Balaban J connectivity index is 1.64. The van der Waals surface area contributed by atoms with Gasteiger partial charge in [0.2, 0.25) is 0 Å². The van der Waals surface area contributed by atoms with Gasteiger partial charge in [0.1, 0.15) is 0 Å². The van der Waals surface area contributed by atoms with Crippen molar-refractivity contribution in [2.24, 2.45) is 16.8 Å². The summed E-state index contributed by atoms with van der Waals surface area (Å²) in [6.07, 6.45) is 5.00. The zero-order valence-corrected chi connectivity index (χ0v) is 11.7. The fraction of sp³-hybridized carbons (Fsp3) is 0.769. The van der Waals surface area contributed by atoms with E-state index in [1.165, 1.54) is 31.0 Å². The molecule has 5 nitrogen and oxygen atoms in total. The molecule has 2 bridgehead atoms. The minimum absolute atomic E-state index is 0.294. The van der Waals surface area contributed by atoms with Crippen molar-refractivity contribution in [1.29, 1.82) is 0 Å². The molecule has 0 aromatic heterocycles. The van der Waals surface area contributed by atoms with Crippen LogP contribution in [0, 0.1) is 11.8 Å². The predicted molar refractivity (Wildman–Crippen MR) is 72.8 cm³/mol. The molecule has 3 fully saturated rings. The third-order valence-corrected chi connectivity index (χ3v) is 5.26. The lowest BCUT2D eigenvalue weighted by Gasteiger charge is -2.17. The summed E-state index contributed by atoms with van der Waals surface area (Å²) in [5.41, 5.74) is 0. The number of nitrogens with one attached hydrogen (secondary N) is 1. The lowest BCUT2D eigenvalue weighted by molar-refractivity contribution is -0.144. The van der Waals surface area contributed by atoms with Crippen LogP contribution < -0.4 is 5.32 Å². The molecule has 1 heterocycles. The van der Waals surface area contributed by atoms with E-state index in [0.29, 0.717) is 23.7 Å². The molecular weight excluding hydrogens is 264 g/mol. The number of rotatable bonds is 3. The second kappa shape index (κ2) is 5.15. The van der Waals surface area contributed by atoms with Crippen molar-refractivity contribution in [3.63, 3.8) is 0 Å². The number of aliphatic imine (C=N–C) groups is 1. The highest BCUT2D eigenvalue weighted by Gasteiger charge is 2.42. The van der Waals surface area contributed by atoms with Crippen molar-refractivity contribution in [1.82, 2.24) is 5.32 Å². The number of hydrogen-bond donors (Lipinski definition) is 1. The van der Waals surface area contributed by atoms with Gasteiger partial charge in [-0.25, -0.2) is 0 Å². The molecule has 4 unspecified atom stereocenters. The Morgan fingerprint density at radius 2 is 2.32 bits per heavy atom. The number of carbonyl (C=O) groups excluding carboxylic acids is 2. The van der Waals surface area contributed by atoms with Crippen molar-refractivity contribution >= 4 is 28.8 Å². The Hall–Kier alpha value is -1.04. The Morgan fingerprint density at radius 1 is 1.47 bits per heavy atom. The average molecular weight is 282 g/mol.